The molecule has 0 heterocycles. The van der Waals surface area contributed by atoms with Gasteiger partial charge in [-0.05, 0) is 81.4 Å². The van der Waals surface area contributed by atoms with Crippen LogP contribution in [0, 0.1) is 28.0 Å². The molecule has 0 unspecified atom stereocenters. The summed E-state index contributed by atoms with van der Waals surface area (Å²) in [6.45, 7) is 7.24. The first-order valence-electron chi connectivity index (χ1n) is 11.5. The number of nitriles is 1. The summed E-state index contributed by atoms with van der Waals surface area (Å²) in [5.41, 5.74) is 7.71. The minimum absolute atomic E-state index is 0.0194. The molecule has 5 rings (SSSR count). The number of hydrogen-bond donors (Lipinski definition) is 0. The molecule has 0 aliphatic rings. The van der Waals surface area contributed by atoms with E-state index in [1.807, 2.05) is 78.9 Å². The highest BCUT2D eigenvalue weighted by Crippen LogP contribution is 2.39. The SMILES string of the molecule is [C-]#[N+]c1ccc(-c2cc(-c3ccc(C#N)cc3)cc(-c3cc(-c4ccccc4)ccc3[N+](=O)[O-])c2)cc1. The number of nitrogens with zero attached hydrogens (tertiary/aromatic N) is 3. The normalized spacial score (nSPS) is 10.3. The maximum Gasteiger partial charge on any atom is 0.277 e. The van der Waals surface area contributed by atoms with Crippen LogP contribution in [0.1, 0.15) is 5.56 Å². The molecular formula is C32H19N3O2. The molecule has 0 N–H and O–H groups in total. The first-order valence-corrected chi connectivity index (χ1v) is 11.5. The first-order chi connectivity index (χ1) is 18.1. The molecule has 0 atom stereocenters. The van der Waals surface area contributed by atoms with Gasteiger partial charge in [0.1, 0.15) is 0 Å². The summed E-state index contributed by atoms with van der Waals surface area (Å²) >= 11 is 0. The summed E-state index contributed by atoms with van der Waals surface area (Å²) in [6.07, 6.45) is 0. The summed E-state index contributed by atoms with van der Waals surface area (Å²) in [4.78, 5) is 15.2. The van der Waals surface area contributed by atoms with Crippen LogP contribution >= 0.6 is 0 Å². The van der Waals surface area contributed by atoms with E-state index in [0.29, 0.717) is 22.4 Å². The van der Waals surface area contributed by atoms with E-state index in [1.54, 1.807) is 36.4 Å². The lowest BCUT2D eigenvalue weighted by atomic mass is 9.91. The third kappa shape index (κ3) is 4.84. The van der Waals surface area contributed by atoms with Crippen LogP contribution in [-0.4, -0.2) is 4.92 Å². The second kappa shape index (κ2) is 10.00. The zero-order valence-electron chi connectivity index (χ0n) is 19.6. The molecule has 5 aromatic carbocycles. The van der Waals surface area contributed by atoms with Crippen LogP contribution in [0.4, 0.5) is 11.4 Å². The van der Waals surface area contributed by atoms with Gasteiger partial charge < -0.3 is 0 Å². The fourth-order valence-electron chi connectivity index (χ4n) is 4.32. The van der Waals surface area contributed by atoms with Gasteiger partial charge in [0, 0.05) is 6.07 Å². The minimum Gasteiger partial charge on any atom is -0.258 e. The van der Waals surface area contributed by atoms with Crippen molar-refractivity contribution in [2.24, 2.45) is 0 Å². The van der Waals surface area contributed by atoms with E-state index < -0.39 is 0 Å². The number of benzene rings is 5. The molecule has 0 saturated carbocycles. The Balaban J connectivity index is 1.74. The van der Waals surface area contributed by atoms with Crippen molar-refractivity contribution in [3.8, 4) is 50.6 Å². The molecule has 5 nitrogen and oxygen atoms in total. The van der Waals surface area contributed by atoms with Crippen LogP contribution in [-0.2, 0) is 0 Å². The molecule has 37 heavy (non-hydrogen) atoms. The average molecular weight is 478 g/mol. The van der Waals surface area contributed by atoms with Gasteiger partial charge in [-0.1, -0.05) is 66.7 Å². The van der Waals surface area contributed by atoms with Gasteiger partial charge in [-0.15, -0.1) is 0 Å². The van der Waals surface area contributed by atoms with Crippen LogP contribution in [0.15, 0.2) is 115 Å². The summed E-state index contributed by atoms with van der Waals surface area (Å²) in [6, 6.07) is 37.5. The molecule has 0 aliphatic carbocycles. The molecule has 0 bridgehead atoms. The van der Waals surface area contributed by atoms with E-state index >= 15 is 0 Å². The molecule has 174 valence electrons. The largest absolute Gasteiger partial charge is 0.277 e. The molecule has 0 aromatic heterocycles. The lowest BCUT2D eigenvalue weighted by Gasteiger charge is -2.13. The summed E-state index contributed by atoms with van der Waals surface area (Å²) in [5.74, 6) is 0. The van der Waals surface area contributed by atoms with Crippen LogP contribution in [0.5, 0.6) is 0 Å². The number of hydrogen-bond acceptors (Lipinski definition) is 3. The van der Waals surface area contributed by atoms with Crippen molar-refractivity contribution in [2.75, 3.05) is 0 Å². The highest BCUT2D eigenvalue weighted by atomic mass is 16.6. The Bertz CT molecular complexity index is 1620. The number of nitro benzene ring substituents is 1. The van der Waals surface area contributed by atoms with Crippen LogP contribution in [0.25, 0.3) is 49.4 Å². The second-order valence-electron chi connectivity index (χ2n) is 8.50. The van der Waals surface area contributed by atoms with Crippen molar-refractivity contribution in [2.45, 2.75) is 0 Å². The zero-order chi connectivity index (χ0) is 25.8. The Kier molecular flexibility index (Phi) is 6.28. The smallest absolute Gasteiger partial charge is 0.258 e. The Labute approximate surface area is 214 Å². The maximum absolute atomic E-state index is 12.0. The van der Waals surface area contributed by atoms with Gasteiger partial charge in [0.25, 0.3) is 5.69 Å². The highest BCUT2D eigenvalue weighted by Gasteiger charge is 2.18. The standard InChI is InChI=1S/C32H19N3O2/c1-34-30-14-11-25(12-15-30)28-17-27(24-9-7-22(21-33)8-10-24)18-29(19-28)31-20-26(13-16-32(31)35(36)37)23-5-3-2-4-6-23/h2-20H. The average Bonchev–Trinajstić information content (AvgIpc) is 2.97. The number of nitro groups is 1. The Morgan fingerprint density at radius 3 is 1.76 bits per heavy atom. The molecule has 0 amide bonds. The predicted molar refractivity (Wildman–Crippen MR) is 146 cm³/mol. The molecule has 0 saturated heterocycles. The predicted octanol–water partition coefficient (Wildman–Crippen LogP) is 8.69. The molecule has 5 heteroatoms. The lowest BCUT2D eigenvalue weighted by molar-refractivity contribution is -0.384. The van der Waals surface area contributed by atoms with Crippen LogP contribution in [0.3, 0.4) is 0 Å². The fraction of sp³-hybridized carbons (Fsp3) is 0. The van der Waals surface area contributed by atoms with Gasteiger partial charge >= 0.3 is 0 Å². The van der Waals surface area contributed by atoms with Gasteiger partial charge in [-0.2, -0.15) is 5.26 Å². The summed E-state index contributed by atoms with van der Waals surface area (Å²) < 4.78 is 0. The van der Waals surface area contributed by atoms with E-state index in [-0.39, 0.29) is 10.6 Å². The summed E-state index contributed by atoms with van der Waals surface area (Å²) in [7, 11) is 0. The maximum atomic E-state index is 12.0. The van der Waals surface area contributed by atoms with Crippen molar-refractivity contribution in [3.05, 3.63) is 142 Å². The van der Waals surface area contributed by atoms with Crippen molar-refractivity contribution >= 4 is 11.4 Å². The summed E-state index contributed by atoms with van der Waals surface area (Å²) in [5, 5.41) is 21.2. The second-order valence-corrected chi connectivity index (χ2v) is 8.50. The van der Waals surface area contributed by atoms with Crippen molar-refractivity contribution in [3.63, 3.8) is 0 Å². The van der Waals surface area contributed by atoms with Crippen molar-refractivity contribution in [1.82, 2.24) is 0 Å². The third-order valence-corrected chi connectivity index (χ3v) is 6.22. The Morgan fingerprint density at radius 2 is 1.19 bits per heavy atom. The van der Waals surface area contributed by atoms with E-state index in [2.05, 4.69) is 10.9 Å². The van der Waals surface area contributed by atoms with Crippen LogP contribution < -0.4 is 0 Å². The molecule has 0 aliphatic heterocycles. The van der Waals surface area contributed by atoms with Gasteiger partial charge in [-0.25, -0.2) is 4.85 Å². The van der Waals surface area contributed by atoms with Gasteiger partial charge in [-0.3, -0.25) is 10.1 Å². The van der Waals surface area contributed by atoms with Gasteiger partial charge in [0.05, 0.1) is 28.7 Å². The van der Waals surface area contributed by atoms with E-state index in [0.717, 1.165) is 33.4 Å². The van der Waals surface area contributed by atoms with Gasteiger partial charge in [0.2, 0.25) is 0 Å². The number of rotatable bonds is 5. The molecule has 0 spiro atoms. The van der Waals surface area contributed by atoms with Gasteiger partial charge in [0.15, 0.2) is 5.69 Å². The van der Waals surface area contributed by atoms with Crippen molar-refractivity contribution < 1.29 is 4.92 Å². The van der Waals surface area contributed by atoms with E-state index in [9.17, 15) is 15.4 Å². The minimum atomic E-state index is -0.358. The molecule has 5 aromatic rings. The zero-order valence-corrected chi connectivity index (χ0v) is 19.6. The first kappa shape index (κ1) is 23.2. The van der Waals surface area contributed by atoms with Crippen molar-refractivity contribution in [1.29, 1.82) is 5.26 Å². The quantitative estimate of drug-likeness (QED) is 0.144. The Morgan fingerprint density at radius 1 is 0.649 bits per heavy atom. The van der Waals surface area contributed by atoms with Crippen LogP contribution in [0.2, 0.25) is 0 Å². The fourth-order valence-corrected chi connectivity index (χ4v) is 4.32. The Hall–Kier alpha value is -5.52. The molecule has 0 radical (unpaired) electrons. The van der Waals surface area contributed by atoms with E-state index in [1.165, 1.54) is 0 Å². The third-order valence-electron chi connectivity index (χ3n) is 6.22. The lowest BCUT2D eigenvalue weighted by Crippen LogP contribution is -1.94. The topological polar surface area (TPSA) is 71.3 Å². The monoisotopic (exact) mass is 477 g/mol. The molecule has 0 fully saturated rings. The highest BCUT2D eigenvalue weighted by molar-refractivity contribution is 5.86. The van der Waals surface area contributed by atoms with E-state index in [4.69, 9.17) is 6.57 Å². The molecular weight excluding hydrogens is 458 g/mol.